The molecule has 0 spiro atoms. The Morgan fingerprint density at radius 3 is 2.68 bits per heavy atom. The van der Waals surface area contributed by atoms with Crippen molar-refractivity contribution >= 4 is 35.3 Å². The molecule has 1 amide bonds. The number of benzene rings is 3. The van der Waals surface area contributed by atoms with Crippen molar-refractivity contribution in [2.75, 3.05) is 7.11 Å². The van der Waals surface area contributed by atoms with E-state index in [2.05, 4.69) is 10.5 Å². The molecule has 0 saturated heterocycles. The molecule has 0 aromatic heterocycles. The molecular weight excluding hydrogens is 443 g/mol. The summed E-state index contributed by atoms with van der Waals surface area (Å²) in [7, 11) is 1.50. The summed E-state index contributed by atoms with van der Waals surface area (Å²) in [6.45, 7) is 0.154. The second-order valence-electron chi connectivity index (χ2n) is 6.30. The number of halogens is 2. The van der Waals surface area contributed by atoms with Gasteiger partial charge in [0.25, 0.3) is 5.91 Å². The zero-order valence-corrected chi connectivity index (χ0v) is 17.8. The first-order valence-corrected chi connectivity index (χ1v) is 9.73. The number of ether oxygens (including phenoxy) is 2. The van der Waals surface area contributed by atoms with Crippen LogP contribution in [0.4, 0.5) is 0 Å². The number of hydrazone groups is 1. The highest BCUT2D eigenvalue weighted by molar-refractivity contribution is 6.35. The first-order valence-electron chi connectivity index (χ1n) is 8.98. The molecule has 0 unspecified atom stereocenters. The summed E-state index contributed by atoms with van der Waals surface area (Å²) < 4.78 is 11.3. The molecule has 0 bridgehead atoms. The quantitative estimate of drug-likeness (QED) is 0.268. The van der Waals surface area contributed by atoms with Crippen LogP contribution < -0.4 is 14.9 Å². The molecule has 31 heavy (non-hydrogen) atoms. The lowest BCUT2D eigenvalue weighted by Crippen LogP contribution is -2.17. The molecule has 3 aromatic rings. The molecule has 0 radical (unpaired) electrons. The molecule has 7 nitrogen and oxygen atoms in total. The maximum Gasteiger partial charge on any atom is 0.275 e. The lowest BCUT2D eigenvalue weighted by Gasteiger charge is -2.14. The highest BCUT2D eigenvalue weighted by Gasteiger charge is 2.13. The average molecular weight is 461 g/mol. The van der Waals surface area contributed by atoms with Crippen molar-refractivity contribution in [3.8, 4) is 23.0 Å². The number of methoxy groups -OCH3 is 1. The number of carbonyl (C=O) groups is 1. The standard InChI is InChI=1S/C22H18Cl2N2O5/c1-30-20-4-2-3-13(21(20)31-12-14-5-6-15(23)9-18(14)24)11-25-26-22(29)17-10-16(27)7-8-19(17)28/h2-11,27-28H,12H2,1H3,(H,26,29)/b25-11-. The van der Waals surface area contributed by atoms with E-state index < -0.39 is 5.91 Å². The fourth-order valence-corrected chi connectivity index (χ4v) is 3.13. The van der Waals surface area contributed by atoms with E-state index in [1.165, 1.54) is 25.5 Å². The van der Waals surface area contributed by atoms with E-state index in [0.29, 0.717) is 27.1 Å². The third-order valence-electron chi connectivity index (χ3n) is 4.21. The Bertz CT molecular complexity index is 1130. The minimum atomic E-state index is -0.692. The normalized spacial score (nSPS) is 10.8. The van der Waals surface area contributed by atoms with Gasteiger partial charge in [-0.1, -0.05) is 35.3 Å². The van der Waals surface area contributed by atoms with Crippen molar-refractivity contribution in [1.29, 1.82) is 0 Å². The van der Waals surface area contributed by atoms with E-state index in [9.17, 15) is 15.0 Å². The fourth-order valence-electron chi connectivity index (χ4n) is 2.66. The van der Waals surface area contributed by atoms with Gasteiger partial charge in [0.2, 0.25) is 0 Å². The number of para-hydroxylation sites is 1. The third kappa shape index (κ3) is 5.59. The Kier molecular flexibility index (Phi) is 7.23. The molecule has 3 aromatic carbocycles. The van der Waals surface area contributed by atoms with Crippen LogP contribution in [0.5, 0.6) is 23.0 Å². The van der Waals surface area contributed by atoms with Crippen molar-refractivity contribution in [3.63, 3.8) is 0 Å². The highest BCUT2D eigenvalue weighted by atomic mass is 35.5. The topological polar surface area (TPSA) is 100 Å². The molecule has 9 heteroatoms. The van der Waals surface area contributed by atoms with Gasteiger partial charge in [0.1, 0.15) is 18.1 Å². The monoisotopic (exact) mass is 460 g/mol. The van der Waals surface area contributed by atoms with Crippen molar-refractivity contribution in [2.24, 2.45) is 5.10 Å². The van der Waals surface area contributed by atoms with Crippen LogP contribution in [0, 0.1) is 0 Å². The molecule has 0 fully saturated rings. The van der Waals surface area contributed by atoms with Crippen LogP contribution in [0.3, 0.4) is 0 Å². The first-order chi connectivity index (χ1) is 14.9. The first kappa shape index (κ1) is 22.3. The smallest absolute Gasteiger partial charge is 0.275 e. The van der Waals surface area contributed by atoms with Gasteiger partial charge in [0.15, 0.2) is 11.5 Å². The average Bonchev–Trinajstić information content (AvgIpc) is 2.75. The minimum absolute atomic E-state index is 0.114. The van der Waals surface area contributed by atoms with E-state index >= 15 is 0 Å². The number of hydrogen-bond donors (Lipinski definition) is 3. The van der Waals surface area contributed by atoms with Gasteiger partial charge in [-0.15, -0.1) is 0 Å². The van der Waals surface area contributed by atoms with Gasteiger partial charge in [-0.05, 0) is 42.5 Å². The number of amides is 1. The predicted molar refractivity (Wildman–Crippen MR) is 119 cm³/mol. The van der Waals surface area contributed by atoms with Crippen LogP contribution >= 0.6 is 23.2 Å². The van der Waals surface area contributed by atoms with Crippen LogP contribution in [-0.2, 0) is 6.61 Å². The summed E-state index contributed by atoms with van der Waals surface area (Å²) >= 11 is 12.1. The van der Waals surface area contributed by atoms with E-state index in [4.69, 9.17) is 32.7 Å². The minimum Gasteiger partial charge on any atom is -0.508 e. The van der Waals surface area contributed by atoms with Crippen molar-refractivity contribution in [3.05, 3.63) is 81.3 Å². The summed E-state index contributed by atoms with van der Waals surface area (Å²) in [4.78, 5) is 12.2. The Labute approximate surface area is 188 Å². The van der Waals surface area contributed by atoms with Gasteiger partial charge in [-0.2, -0.15) is 5.10 Å². The van der Waals surface area contributed by atoms with Gasteiger partial charge < -0.3 is 19.7 Å². The number of nitrogens with zero attached hydrogens (tertiary/aromatic N) is 1. The van der Waals surface area contributed by atoms with Crippen molar-refractivity contribution in [2.45, 2.75) is 6.61 Å². The van der Waals surface area contributed by atoms with Crippen LogP contribution in [-0.4, -0.2) is 29.4 Å². The third-order valence-corrected chi connectivity index (χ3v) is 4.80. The van der Waals surface area contributed by atoms with Gasteiger partial charge >= 0.3 is 0 Å². The van der Waals surface area contributed by atoms with E-state index in [1.807, 2.05) is 0 Å². The van der Waals surface area contributed by atoms with Crippen LogP contribution in [0.2, 0.25) is 10.0 Å². The van der Waals surface area contributed by atoms with Gasteiger partial charge in [-0.25, -0.2) is 5.43 Å². The summed E-state index contributed by atoms with van der Waals surface area (Å²) in [6.07, 6.45) is 1.37. The Hall–Kier alpha value is -3.42. The number of hydrogen-bond acceptors (Lipinski definition) is 6. The maximum atomic E-state index is 12.2. The molecule has 0 aliphatic carbocycles. The molecule has 3 rings (SSSR count). The summed E-state index contributed by atoms with van der Waals surface area (Å²) in [6, 6.07) is 13.9. The van der Waals surface area contributed by atoms with Crippen LogP contribution in [0.1, 0.15) is 21.5 Å². The van der Waals surface area contributed by atoms with Gasteiger partial charge in [0, 0.05) is 21.2 Å². The molecule has 0 atom stereocenters. The van der Waals surface area contributed by atoms with Crippen LogP contribution in [0.25, 0.3) is 0 Å². The maximum absolute atomic E-state index is 12.2. The molecule has 3 N–H and O–H groups in total. The number of phenols is 2. The molecule has 0 aliphatic rings. The number of nitrogens with one attached hydrogen (secondary N) is 1. The number of phenolic OH excluding ortho intramolecular Hbond substituents is 2. The van der Waals surface area contributed by atoms with Crippen LogP contribution in [0.15, 0.2) is 59.7 Å². The SMILES string of the molecule is COc1cccc(/C=N\NC(=O)c2cc(O)ccc2O)c1OCc1ccc(Cl)cc1Cl. The molecule has 0 aliphatic heterocycles. The van der Waals surface area contributed by atoms with E-state index in [-0.39, 0.29) is 23.7 Å². The van der Waals surface area contributed by atoms with Crippen molar-refractivity contribution in [1.82, 2.24) is 5.43 Å². The zero-order chi connectivity index (χ0) is 22.4. The van der Waals surface area contributed by atoms with E-state index in [0.717, 1.165) is 11.6 Å². The Morgan fingerprint density at radius 2 is 1.94 bits per heavy atom. The number of aromatic hydroxyl groups is 2. The van der Waals surface area contributed by atoms with Gasteiger partial charge in [-0.3, -0.25) is 4.79 Å². The highest BCUT2D eigenvalue weighted by Crippen LogP contribution is 2.32. The molecule has 160 valence electrons. The summed E-state index contributed by atoms with van der Waals surface area (Å²) in [5.74, 6) is -0.268. The van der Waals surface area contributed by atoms with Gasteiger partial charge in [0.05, 0.1) is 18.9 Å². The lowest BCUT2D eigenvalue weighted by molar-refractivity contribution is 0.0952. The zero-order valence-electron chi connectivity index (χ0n) is 16.3. The molecule has 0 saturated carbocycles. The fraction of sp³-hybridized carbons (Fsp3) is 0.0909. The molecular formula is C22H18Cl2N2O5. The second kappa shape index (κ2) is 10.1. The lowest BCUT2D eigenvalue weighted by atomic mass is 10.2. The molecule has 0 heterocycles. The number of carbonyl (C=O) groups excluding carboxylic acids is 1. The Morgan fingerprint density at radius 1 is 1.13 bits per heavy atom. The summed E-state index contributed by atoms with van der Waals surface area (Å²) in [5, 5.41) is 24.2. The van der Waals surface area contributed by atoms with E-state index in [1.54, 1.807) is 36.4 Å². The van der Waals surface area contributed by atoms with Crippen molar-refractivity contribution < 1.29 is 24.5 Å². The largest absolute Gasteiger partial charge is 0.508 e. The predicted octanol–water partition coefficient (Wildman–Crippen LogP) is 4.76. The Balaban J connectivity index is 1.78. The number of rotatable bonds is 7. The second-order valence-corrected chi connectivity index (χ2v) is 7.15. The summed E-state index contributed by atoms with van der Waals surface area (Å²) in [5.41, 5.74) is 3.44.